The van der Waals surface area contributed by atoms with Gasteiger partial charge in [-0.1, -0.05) is 0 Å². The van der Waals surface area contributed by atoms with Crippen molar-refractivity contribution in [1.29, 1.82) is 0 Å². The lowest BCUT2D eigenvalue weighted by Crippen LogP contribution is -2.18. The van der Waals surface area contributed by atoms with E-state index in [-0.39, 0.29) is 18.3 Å². The van der Waals surface area contributed by atoms with Gasteiger partial charge in [0, 0.05) is 24.2 Å². The number of benzene rings is 1. The Morgan fingerprint density at radius 1 is 1.30 bits per heavy atom. The summed E-state index contributed by atoms with van der Waals surface area (Å²) in [5, 5.41) is 12.7. The van der Waals surface area contributed by atoms with E-state index in [0.29, 0.717) is 18.8 Å². The second kappa shape index (κ2) is 7.62. The number of anilines is 1. The fraction of sp³-hybridized carbons (Fsp3) is 0.308. The normalized spacial score (nSPS) is 9.90. The minimum atomic E-state index is -0.00385. The first kappa shape index (κ1) is 16.1. The number of aromatic amines is 1. The number of H-pyrrole nitrogens is 1. The Balaban J connectivity index is 0.00000200. The molecule has 1 aromatic carbocycles. The zero-order valence-electron chi connectivity index (χ0n) is 11.4. The lowest BCUT2D eigenvalue weighted by molar-refractivity contribution is -0.116. The fourth-order valence-corrected chi connectivity index (χ4v) is 1.64. The highest BCUT2D eigenvalue weighted by molar-refractivity contribution is 5.91. The van der Waals surface area contributed by atoms with Crippen molar-refractivity contribution in [3.8, 4) is 11.4 Å². The summed E-state index contributed by atoms with van der Waals surface area (Å²) in [7, 11) is 1.82. The van der Waals surface area contributed by atoms with Gasteiger partial charge < -0.3 is 10.6 Å². The molecule has 0 atom stereocenters. The maximum Gasteiger partial charge on any atom is 0.225 e. The van der Waals surface area contributed by atoms with Crippen molar-refractivity contribution in [3.05, 3.63) is 30.1 Å². The molecule has 0 aliphatic heterocycles. The maximum absolute atomic E-state index is 11.5. The lowest BCUT2D eigenvalue weighted by Gasteiger charge is -2.05. The zero-order chi connectivity index (χ0) is 13.7. The van der Waals surface area contributed by atoms with Gasteiger partial charge in [-0.15, -0.1) is 12.4 Å². The number of rotatable bonds is 5. The van der Waals surface area contributed by atoms with Crippen molar-refractivity contribution in [1.82, 2.24) is 20.5 Å². The van der Waals surface area contributed by atoms with Crippen LogP contribution >= 0.6 is 12.4 Å². The first-order valence-electron chi connectivity index (χ1n) is 6.13. The van der Waals surface area contributed by atoms with E-state index in [1.807, 2.05) is 38.2 Å². The number of hydrogen-bond acceptors (Lipinski definition) is 4. The Labute approximate surface area is 123 Å². The number of aryl methyl sites for hydroxylation is 1. The van der Waals surface area contributed by atoms with Gasteiger partial charge >= 0.3 is 0 Å². The van der Waals surface area contributed by atoms with Gasteiger partial charge in [0.05, 0.1) is 0 Å². The Hall–Kier alpha value is -1.92. The Morgan fingerprint density at radius 3 is 2.55 bits per heavy atom. The van der Waals surface area contributed by atoms with Crippen molar-refractivity contribution >= 4 is 24.0 Å². The van der Waals surface area contributed by atoms with Crippen LogP contribution in [-0.2, 0) is 4.79 Å². The largest absolute Gasteiger partial charge is 0.326 e. The summed E-state index contributed by atoms with van der Waals surface area (Å²) < 4.78 is 0. The molecule has 0 spiro atoms. The Kier molecular flexibility index (Phi) is 6.14. The van der Waals surface area contributed by atoms with E-state index in [2.05, 4.69) is 25.8 Å². The van der Waals surface area contributed by atoms with Gasteiger partial charge in [0.15, 0.2) is 5.82 Å². The molecule has 7 heteroatoms. The van der Waals surface area contributed by atoms with Gasteiger partial charge in [-0.2, -0.15) is 5.10 Å². The Morgan fingerprint density at radius 2 is 2.00 bits per heavy atom. The predicted octanol–water partition coefficient (Wildman–Crippen LogP) is 1.75. The summed E-state index contributed by atoms with van der Waals surface area (Å²) in [4.78, 5) is 15.8. The first-order valence-corrected chi connectivity index (χ1v) is 6.13. The van der Waals surface area contributed by atoms with E-state index in [9.17, 15) is 4.79 Å². The molecule has 2 rings (SSSR count). The molecule has 0 aliphatic carbocycles. The maximum atomic E-state index is 11.5. The van der Waals surface area contributed by atoms with Gasteiger partial charge in [-0.25, -0.2) is 4.98 Å². The van der Waals surface area contributed by atoms with Crippen LogP contribution in [0, 0.1) is 6.92 Å². The molecule has 108 valence electrons. The van der Waals surface area contributed by atoms with Crippen molar-refractivity contribution in [2.75, 3.05) is 18.9 Å². The minimum absolute atomic E-state index is 0. The van der Waals surface area contributed by atoms with Crippen LogP contribution in [0.25, 0.3) is 11.4 Å². The van der Waals surface area contributed by atoms with Crippen LogP contribution in [0.4, 0.5) is 5.69 Å². The number of nitrogens with zero attached hydrogens (tertiary/aromatic N) is 2. The van der Waals surface area contributed by atoms with Crippen molar-refractivity contribution < 1.29 is 4.79 Å². The molecule has 0 bridgehead atoms. The highest BCUT2D eigenvalue weighted by atomic mass is 35.5. The summed E-state index contributed by atoms with van der Waals surface area (Å²) in [5.74, 6) is 1.43. The number of aromatic nitrogens is 3. The molecule has 0 saturated heterocycles. The molecule has 0 fully saturated rings. The van der Waals surface area contributed by atoms with Gasteiger partial charge in [0.1, 0.15) is 5.82 Å². The highest BCUT2D eigenvalue weighted by Crippen LogP contribution is 2.17. The molecule has 6 nitrogen and oxygen atoms in total. The molecule has 2 aromatic rings. The standard InChI is InChI=1S/C13H17N5O.ClH/c1-9-15-13(18-17-9)10-3-5-11(6-4-10)16-12(19)7-8-14-2;/h3-6,14H,7-8H2,1-2H3,(H,16,19)(H,15,17,18);1H. The van der Waals surface area contributed by atoms with E-state index in [1.54, 1.807) is 0 Å². The number of halogens is 1. The van der Waals surface area contributed by atoms with Gasteiger partial charge in [-0.05, 0) is 38.2 Å². The number of amides is 1. The lowest BCUT2D eigenvalue weighted by atomic mass is 10.2. The van der Waals surface area contributed by atoms with E-state index >= 15 is 0 Å². The molecular weight excluding hydrogens is 278 g/mol. The molecule has 0 unspecified atom stereocenters. The monoisotopic (exact) mass is 295 g/mol. The van der Waals surface area contributed by atoms with Crippen LogP contribution in [-0.4, -0.2) is 34.7 Å². The van der Waals surface area contributed by atoms with Crippen molar-refractivity contribution in [3.63, 3.8) is 0 Å². The third-order valence-corrected chi connectivity index (χ3v) is 2.63. The molecular formula is C13H18ClN5O. The van der Waals surface area contributed by atoms with Crippen LogP contribution in [0.15, 0.2) is 24.3 Å². The van der Waals surface area contributed by atoms with Crippen LogP contribution in [0.1, 0.15) is 12.2 Å². The molecule has 0 saturated carbocycles. The van der Waals surface area contributed by atoms with Crippen LogP contribution in [0.3, 0.4) is 0 Å². The topological polar surface area (TPSA) is 82.7 Å². The predicted molar refractivity (Wildman–Crippen MR) is 81.0 cm³/mol. The second-order valence-corrected chi connectivity index (χ2v) is 4.22. The highest BCUT2D eigenvalue weighted by Gasteiger charge is 2.05. The average Bonchev–Trinajstić information content (AvgIpc) is 2.84. The first-order chi connectivity index (χ1) is 9.19. The minimum Gasteiger partial charge on any atom is -0.326 e. The molecule has 0 aliphatic rings. The van der Waals surface area contributed by atoms with Gasteiger partial charge in [0.25, 0.3) is 0 Å². The van der Waals surface area contributed by atoms with E-state index in [0.717, 1.165) is 17.1 Å². The van der Waals surface area contributed by atoms with E-state index in [4.69, 9.17) is 0 Å². The molecule has 3 N–H and O–H groups in total. The third kappa shape index (κ3) is 4.32. The summed E-state index contributed by atoms with van der Waals surface area (Å²) in [6.45, 7) is 2.52. The zero-order valence-corrected chi connectivity index (χ0v) is 12.3. The smallest absolute Gasteiger partial charge is 0.225 e. The third-order valence-electron chi connectivity index (χ3n) is 2.63. The average molecular weight is 296 g/mol. The summed E-state index contributed by atoms with van der Waals surface area (Å²) in [6.07, 6.45) is 0.457. The number of carbonyl (C=O) groups excluding carboxylic acids is 1. The summed E-state index contributed by atoms with van der Waals surface area (Å²) >= 11 is 0. The molecule has 1 aromatic heterocycles. The van der Waals surface area contributed by atoms with Crippen molar-refractivity contribution in [2.24, 2.45) is 0 Å². The summed E-state index contributed by atoms with van der Waals surface area (Å²) in [6, 6.07) is 7.46. The van der Waals surface area contributed by atoms with Crippen LogP contribution in [0.2, 0.25) is 0 Å². The van der Waals surface area contributed by atoms with Gasteiger partial charge in [0.2, 0.25) is 5.91 Å². The molecule has 0 radical (unpaired) electrons. The van der Waals surface area contributed by atoms with Crippen LogP contribution < -0.4 is 10.6 Å². The van der Waals surface area contributed by atoms with Crippen LogP contribution in [0.5, 0.6) is 0 Å². The van der Waals surface area contributed by atoms with Gasteiger partial charge in [-0.3, -0.25) is 9.89 Å². The number of hydrogen-bond donors (Lipinski definition) is 3. The molecule has 20 heavy (non-hydrogen) atoms. The molecule has 1 amide bonds. The second-order valence-electron chi connectivity index (χ2n) is 4.22. The number of carbonyl (C=O) groups is 1. The van der Waals surface area contributed by atoms with E-state index < -0.39 is 0 Å². The quantitative estimate of drug-likeness (QED) is 0.785. The summed E-state index contributed by atoms with van der Waals surface area (Å²) in [5.41, 5.74) is 1.69. The SMILES string of the molecule is CNCCC(=O)Nc1ccc(-c2n[nH]c(C)n2)cc1.Cl. The molecule has 1 heterocycles. The fourth-order valence-electron chi connectivity index (χ4n) is 1.64. The van der Waals surface area contributed by atoms with Crippen molar-refractivity contribution in [2.45, 2.75) is 13.3 Å². The number of nitrogens with one attached hydrogen (secondary N) is 3. The van der Waals surface area contributed by atoms with E-state index in [1.165, 1.54) is 0 Å². The Bertz CT molecular complexity index is 552.